The normalized spacial score (nSPS) is 23.0. The maximum atomic E-state index is 10.7. The second-order valence-electron chi connectivity index (χ2n) is 2.07. The summed E-state index contributed by atoms with van der Waals surface area (Å²) in [5.41, 5.74) is 0. The van der Waals surface area contributed by atoms with Crippen molar-refractivity contribution in [3.05, 3.63) is 0 Å². The summed E-state index contributed by atoms with van der Waals surface area (Å²) in [6.07, 6.45) is -0.303. The highest BCUT2D eigenvalue weighted by Gasteiger charge is 2.29. The third kappa shape index (κ3) is 2.08. The molecule has 4 nitrogen and oxygen atoms in total. The largest absolute Gasteiger partial charge is 0.463 e. The quantitative estimate of drug-likeness (QED) is 0.444. The Balaban J connectivity index is 2.36. The number of alkyl halides is 1. The molecule has 0 aromatic carbocycles. The molecule has 0 bridgehead atoms. The predicted molar refractivity (Wildman–Crippen MR) is 36.2 cm³/mol. The minimum absolute atomic E-state index is 0.232. The van der Waals surface area contributed by atoms with Gasteiger partial charge in [0.15, 0.2) is 0 Å². The fraction of sp³-hybridized carbons (Fsp3) is 0.667. The van der Waals surface area contributed by atoms with Gasteiger partial charge in [-0.25, -0.2) is 4.79 Å². The van der Waals surface area contributed by atoms with Crippen LogP contribution in [0.3, 0.4) is 0 Å². The number of halogens is 1. The van der Waals surface area contributed by atoms with Crippen LogP contribution in [-0.2, 0) is 19.1 Å². The fourth-order valence-corrected chi connectivity index (χ4v) is 0.838. The van der Waals surface area contributed by atoms with Crippen LogP contribution in [-0.4, -0.2) is 30.5 Å². The molecule has 0 aromatic rings. The third-order valence-corrected chi connectivity index (χ3v) is 1.49. The van der Waals surface area contributed by atoms with Crippen LogP contribution in [0, 0.1) is 0 Å². The molecular formula is C6H7ClO4. The molecule has 11 heavy (non-hydrogen) atoms. The molecule has 0 radical (unpaired) electrons. The molecule has 1 aliphatic heterocycles. The molecule has 1 fully saturated rings. The van der Waals surface area contributed by atoms with Crippen LogP contribution in [0.2, 0.25) is 0 Å². The molecule has 0 saturated carbocycles. The number of carbonyl (C=O) groups is 2. The average molecular weight is 179 g/mol. The first-order valence-corrected chi connectivity index (χ1v) is 3.69. The number of cyclic esters (lactones) is 1. The van der Waals surface area contributed by atoms with Gasteiger partial charge < -0.3 is 9.47 Å². The number of ether oxygens (including phenoxy) is 2. The highest BCUT2D eigenvalue weighted by atomic mass is 35.5. The number of hydrogen-bond acceptors (Lipinski definition) is 4. The van der Waals surface area contributed by atoms with Gasteiger partial charge in [0.05, 0.1) is 6.61 Å². The van der Waals surface area contributed by atoms with Gasteiger partial charge in [0, 0.05) is 6.42 Å². The van der Waals surface area contributed by atoms with Crippen molar-refractivity contribution in [1.29, 1.82) is 0 Å². The van der Waals surface area contributed by atoms with Gasteiger partial charge >= 0.3 is 11.9 Å². The molecular weight excluding hydrogens is 172 g/mol. The van der Waals surface area contributed by atoms with E-state index in [1.54, 1.807) is 0 Å². The zero-order chi connectivity index (χ0) is 8.27. The van der Waals surface area contributed by atoms with Gasteiger partial charge in [0.2, 0.25) is 6.10 Å². The minimum atomic E-state index is -0.735. The van der Waals surface area contributed by atoms with Crippen molar-refractivity contribution >= 4 is 23.5 Å². The summed E-state index contributed by atoms with van der Waals surface area (Å²) in [6.45, 7) is 0.319. The van der Waals surface area contributed by atoms with E-state index in [4.69, 9.17) is 11.6 Å². The van der Waals surface area contributed by atoms with Crippen molar-refractivity contribution in [3.63, 3.8) is 0 Å². The van der Waals surface area contributed by atoms with Crippen LogP contribution >= 0.6 is 11.6 Å². The summed E-state index contributed by atoms with van der Waals surface area (Å²) < 4.78 is 9.18. The lowest BCUT2D eigenvalue weighted by Gasteiger charge is -2.04. The van der Waals surface area contributed by atoms with E-state index >= 15 is 0 Å². The van der Waals surface area contributed by atoms with Crippen molar-refractivity contribution in [2.45, 2.75) is 12.5 Å². The Kier molecular flexibility index (Phi) is 2.70. The Hall–Kier alpha value is -0.770. The Morgan fingerprint density at radius 3 is 3.00 bits per heavy atom. The first kappa shape index (κ1) is 8.33. The van der Waals surface area contributed by atoms with Gasteiger partial charge in [-0.3, -0.25) is 4.79 Å². The molecule has 1 atom stereocenters. The van der Waals surface area contributed by atoms with E-state index in [-0.39, 0.29) is 5.88 Å². The second-order valence-corrected chi connectivity index (χ2v) is 2.34. The van der Waals surface area contributed by atoms with Gasteiger partial charge in [0.1, 0.15) is 5.88 Å². The van der Waals surface area contributed by atoms with E-state index in [0.29, 0.717) is 13.0 Å². The van der Waals surface area contributed by atoms with Crippen molar-refractivity contribution in [2.75, 3.05) is 12.5 Å². The highest BCUT2D eigenvalue weighted by molar-refractivity contribution is 6.26. The van der Waals surface area contributed by atoms with E-state index in [2.05, 4.69) is 9.47 Å². The van der Waals surface area contributed by atoms with Gasteiger partial charge in [-0.2, -0.15) is 0 Å². The molecule has 5 heteroatoms. The molecule has 1 aliphatic rings. The maximum Gasteiger partial charge on any atom is 0.347 e. The van der Waals surface area contributed by atoms with Crippen LogP contribution in [0.1, 0.15) is 6.42 Å². The smallest absolute Gasteiger partial charge is 0.347 e. The SMILES string of the molecule is O=C(CCl)OC1CCOC1=O. The second kappa shape index (κ2) is 3.57. The fourth-order valence-electron chi connectivity index (χ4n) is 0.775. The molecule has 1 rings (SSSR count). The lowest BCUT2D eigenvalue weighted by atomic mass is 10.3. The maximum absolute atomic E-state index is 10.7. The first-order chi connectivity index (χ1) is 5.24. The van der Waals surface area contributed by atoms with E-state index < -0.39 is 18.0 Å². The summed E-state index contributed by atoms with van der Waals surface area (Å²) in [5, 5.41) is 0. The summed E-state index contributed by atoms with van der Waals surface area (Å²) in [6, 6.07) is 0. The van der Waals surface area contributed by atoms with E-state index in [1.807, 2.05) is 0 Å². The lowest BCUT2D eigenvalue weighted by Crippen LogP contribution is -2.23. The number of rotatable bonds is 2. The molecule has 1 unspecified atom stereocenters. The van der Waals surface area contributed by atoms with Gasteiger partial charge in [-0.05, 0) is 0 Å². The Bertz CT molecular complexity index is 179. The summed E-state index contributed by atoms with van der Waals surface area (Å²) >= 11 is 5.15. The first-order valence-electron chi connectivity index (χ1n) is 3.16. The molecule has 0 N–H and O–H groups in total. The van der Waals surface area contributed by atoms with E-state index in [1.165, 1.54) is 0 Å². The molecule has 1 saturated heterocycles. The molecule has 0 aromatic heterocycles. The van der Waals surface area contributed by atoms with Gasteiger partial charge in [-0.15, -0.1) is 11.6 Å². The number of carbonyl (C=O) groups excluding carboxylic acids is 2. The summed E-state index contributed by atoms with van der Waals surface area (Å²) in [5.74, 6) is -1.30. The van der Waals surface area contributed by atoms with Crippen molar-refractivity contribution in [3.8, 4) is 0 Å². The molecule has 0 spiro atoms. The van der Waals surface area contributed by atoms with Crippen molar-refractivity contribution in [1.82, 2.24) is 0 Å². The zero-order valence-corrected chi connectivity index (χ0v) is 6.47. The van der Waals surface area contributed by atoms with Crippen LogP contribution in [0.4, 0.5) is 0 Å². The lowest BCUT2D eigenvalue weighted by molar-refractivity contribution is -0.158. The highest BCUT2D eigenvalue weighted by Crippen LogP contribution is 2.10. The number of esters is 2. The number of hydrogen-bond donors (Lipinski definition) is 0. The molecule has 0 amide bonds. The standard InChI is InChI=1S/C6H7ClO4/c7-3-5(8)11-4-1-2-10-6(4)9/h4H,1-3H2. The molecule has 1 heterocycles. The van der Waals surface area contributed by atoms with Crippen LogP contribution < -0.4 is 0 Å². The average Bonchev–Trinajstić information content (AvgIpc) is 2.37. The van der Waals surface area contributed by atoms with Crippen LogP contribution in [0.15, 0.2) is 0 Å². The van der Waals surface area contributed by atoms with E-state index in [9.17, 15) is 9.59 Å². The Morgan fingerprint density at radius 1 is 1.82 bits per heavy atom. The van der Waals surface area contributed by atoms with Crippen molar-refractivity contribution < 1.29 is 19.1 Å². The minimum Gasteiger partial charge on any atom is -0.463 e. The Morgan fingerprint density at radius 2 is 2.55 bits per heavy atom. The predicted octanol–water partition coefficient (Wildman–Crippen LogP) is 0.0839. The van der Waals surface area contributed by atoms with Crippen LogP contribution in [0.25, 0.3) is 0 Å². The Labute approximate surface area is 68.4 Å². The molecule has 0 aliphatic carbocycles. The van der Waals surface area contributed by atoms with Gasteiger partial charge in [0.25, 0.3) is 0 Å². The topological polar surface area (TPSA) is 52.6 Å². The third-order valence-electron chi connectivity index (χ3n) is 1.27. The van der Waals surface area contributed by atoms with Crippen molar-refractivity contribution in [2.24, 2.45) is 0 Å². The van der Waals surface area contributed by atoms with Gasteiger partial charge in [-0.1, -0.05) is 0 Å². The summed E-state index contributed by atoms with van der Waals surface area (Å²) in [7, 11) is 0. The molecule has 62 valence electrons. The zero-order valence-electron chi connectivity index (χ0n) is 5.71. The summed E-state index contributed by atoms with van der Waals surface area (Å²) in [4.78, 5) is 21.2. The van der Waals surface area contributed by atoms with Crippen LogP contribution in [0.5, 0.6) is 0 Å². The monoisotopic (exact) mass is 178 g/mol. The van der Waals surface area contributed by atoms with E-state index in [0.717, 1.165) is 0 Å².